The van der Waals surface area contributed by atoms with E-state index < -0.39 is 46.6 Å². The van der Waals surface area contributed by atoms with Gasteiger partial charge in [-0.25, -0.2) is 13.2 Å². The number of imide groups is 2. The molecule has 0 saturated carbocycles. The number of fused-ring (bicyclic) bond motifs is 1. The third-order valence-electron chi connectivity index (χ3n) is 4.50. The molecule has 2 aliphatic rings. The summed E-state index contributed by atoms with van der Waals surface area (Å²) >= 11 is 0. The molecule has 0 atom stereocenters. The van der Waals surface area contributed by atoms with Crippen molar-refractivity contribution in [1.82, 2.24) is 10.1 Å². The van der Waals surface area contributed by atoms with E-state index in [0.717, 1.165) is 17.2 Å². The van der Waals surface area contributed by atoms with Crippen LogP contribution in [0.2, 0.25) is 0 Å². The molecule has 35 heavy (non-hydrogen) atoms. The van der Waals surface area contributed by atoms with Crippen LogP contribution >= 0.6 is 0 Å². The van der Waals surface area contributed by atoms with E-state index in [1.54, 1.807) is 24.3 Å². The number of hydrogen-bond acceptors (Lipinski definition) is 7. The Hall–Kier alpha value is -3.91. The zero-order valence-corrected chi connectivity index (χ0v) is 18.4. The normalized spacial score (nSPS) is 14.4. The summed E-state index contributed by atoms with van der Waals surface area (Å²) in [6.07, 6.45) is 0.569. The van der Waals surface area contributed by atoms with Gasteiger partial charge in [0.1, 0.15) is 0 Å². The Kier molecular flexibility index (Phi) is 8.97. The number of rotatable bonds is 3. The summed E-state index contributed by atoms with van der Waals surface area (Å²) in [5.74, 6) is -12.8. The van der Waals surface area contributed by atoms with Gasteiger partial charge >= 0.3 is 0 Å². The minimum Gasteiger partial charge on any atom is -0.491 e. The molecule has 188 valence electrons. The van der Waals surface area contributed by atoms with Crippen LogP contribution in [0.3, 0.4) is 0 Å². The summed E-state index contributed by atoms with van der Waals surface area (Å²) in [5, 5.41) is 1.55. The first-order valence-corrected chi connectivity index (χ1v) is 9.48. The topological polar surface area (TPSA) is 102 Å². The molecule has 0 aliphatic carbocycles. The Morgan fingerprint density at radius 2 is 1.00 bits per heavy atom. The van der Waals surface area contributed by atoms with Crippen molar-refractivity contribution in [2.24, 2.45) is 0 Å². The summed E-state index contributed by atoms with van der Waals surface area (Å²) in [7, 11) is 3.40. The number of halogens is 5. The second kappa shape index (κ2) is 11.5. The van der Waals surface area contributed by atoms with Crippen LogP contribution in [0.15, 0.2) is 24.3 Å². The minimum atomic E-state index is -2.20. The van der Waals surface area contributed by atoms with Crippen LogP contribution in [0.4, 0.5) is 22.0 Å². The lowest BCUT2D eigenvalue weighted by molar-refractivity contribution is -0.179. The maximum atomic E-state index is 12.6. The summed E-state index contributed by atoms with van der Waals surface area (Å²) in [4.78, 5) is 53.2. The highest BCUT2D eigenvalue weighted by molar-refractivity contribution is 6.20. The van der Waals surface area contributed by atoms with Gasteiger partial charge in [-0.3, -0.25) is 28.9 Å². The van der Waals surface area contributed by atoms with Crippen molar-refractivity contribution >= 4 is 23.6 Å². The Balaban J connectivity index is 0.000000189. The molecule has 0 N–H and O–H groups in total. The number of nitrogens with zero attached hydrogens (tertiary/aromatic N) is 2. The summed E-state index contributed by atoms with van der Waals surface area (Å²) < 4.78 is 66.2. The molecule has 1 fully saturated rings. The third-order valence-corrected chi connectivity index (χ3v) is 4.50. The van der Waals surface area contributed by atoms with Crippen molar-refractivity contribution in [3.05, 3.63) is 64.5 Å². The predicted octanol–water partition coefficient (Wildman–Crippen LogP) is 2.93. The van der Waals surface area contributed by atoms with Crippen molar-refractivity contribution in [3.63, 3.8) is 0 Å². The molecule has 1 saturated heterocycles. The molecule has 2 aromatic rings. The minimum absolute atomic E-state index is 0.248. The Labute approximate surface area is 194 Å². The molecular formula is C21H17F5N2O7. The lowest BCUT2D eigenvalue weighted by Gasteiger charge is -2.07. The van der Waals surface area contributed by atoms with Crippen LogP contribution in [0.1, 0.15) is 33.6 Å². The van der Waals surface area contributed by atoms with Gasteiger partial charge in [0, 0.05) is 12.8 Å². The van der Waals surface area contributed by atoms with Gasteiger partial charge in [-0.2, -0.15) is 13.8 Å². The standard InChI is InChI=1S/C9H7NO3.C7H3F5O.C5H7NO3/c1-13-10-8(11)6-4-2-3-5-7(6)9(10)12;1-13-7-5(11)3(9)2(8)4(10)6(7)12;1-9-6-4(7)2-3-5(6)8/h2-5H,1H3;1H3;2-3H2,1H3. The molecule has 0 unspecified atom stereocenters. The Morgan fingerprint density at radius 3 is 1.31 bits per heavy atom. The van der Waals surface area contributed by atoms with Crippen molar-refractivity contribution in [2.75, 3.05) is 21.3 Å². The van der Waals surface area contributed by atoms with Gasteiger partial charge in [0.25, 0.3) is 23.6 Å². The van der Waals surface area contributed by atoms with Crippen molar-refractivity contribution in [1.29, 1.82) is 0 Å². The first-order chi connectivity index (χ1) is 16.5. The largest absolute Gasteiger partial charge is 0.491 e. The lowest BCUT2D eigenvalue weighted by atomic mass is 10.1. The number of amides is 4. The van der Waals surface area contributed by atoms with Crippen LogP contribution in [0.5, 0.6) is 5.75 Å². The number of hydrogen-bond donors (Lipinski definition) is 0. The van der Waals surface area contributed by atoms with E-state index in [0.29, 0.717) is 11.1 Å². The van der Waals surface area contributed by atoms with Crippen LogP contribution in [0, 0.1) is 29.1 Å². The SMILES string of the molecule is CON1C(=O)CCC1=O.CON1C(=O)c2ccccc2C1=O.COc1c(F)c(F)c(F)c(F)c1F. The van der Waals surface area contributed by atoms with Gasteiger partial charge in [-0.05, 0) is 12.1 Å². The van der Waals surface area contributed by atoms with E-state index >= 15 is 0 Å². The predicted molar refractivity (Wildman–Crippen MR) is 105 cm³/mol. The molecule has 2 aliphatic heterocycles. The molecule has 0 bridgehead atoms. The summed E-state index contributed by atoms with van der Waals surface area (Å²) in [6, 6.07) is 6.63. The molecule has 4 amide bonds. The lowest BCUT2D eigenvalue weighted by Crippen LogP contribution is -2.28. The number of carbonyl (C=O) groups is 4. The third kappa shape index (κ3) is 5.44. The van der Waals surface area contributed by atoms with Crippen LogP contribution in [-0.2, 0) is 19.3 Å². The smallest absolute Gasteiger partial charge is 0.285 e. The average molecular weight is 504 g/mol. The molecule has 2 heterocycles. The number of carbonyl (C=O) groups excluding carboxylic acids is 4. The zero-order chi connectivity index (χ0) is 26.4. The fourth-order valence-corrected chi connectivity index (χ4v) is 2.86. The maximum absolute atomic E-state index is 12.6. The second-order valence-electron chi connectivity index (χ2n) is 6.50. The highest BCUT2D eigenvalue weighted by atomic mass is 19.2. The molecule has 9 nitrogen and oxygen atoms in total. The fraction of sp³-hybridized carbons (Fsp3) is 0.238. The van der Waals surface area contributed by atoms with E-state index in [4.69, 9.17) is 0 Å². The molecular weight excluding hydrogens is 487 g/mol. The van der Waals surface area contributed by atoms with Gasteiger partial charge in [0.2, 0.25) is 29.1 Å². The Morgan fingerprint density at radius 1 is 0.629 bits per heavy atom. The first kappa shape index (κ1) is 27.3. The van der Waals surface area contributed by atoms with Gasteiger partial charge in [0.15, 0.2) is 5.75 Å². The van der Waals surface area contributed by atoms with Gasteiger partial charge in [-0.1, -0.05) is 12.1 Å². The monoisotopic (exact) mass is 504 g/mol. The first-order valence-electron chi connectivity index (χ1n) is 9.48. The van der Waals surface area contributed by atoms with Crippen molar-refractivity contribution in [3.8, 4) is 5.75 Å². The van der Waals surface area contributed by atoms with Crippen LogP contribution in [0.25, 0.3) is 0 Å². The highest BCUT2D eigenvalue weighted by Crippen LogP contribution is 2.28. The van der Waals surface area contributed by atoms with E-state index in [1.807, 2.05) is 0 Å². The number of benzene rings is 2. The molecule has 2 aromatic carbocycles. The Bertz CT molecular complexity index is 1090. The van der Waals surface area contributed by atoms with Crippen LogP contribution < -0.4 is 4.74 Å². The quantitative estimate of drug-likeness (QED) is 0.274. The van der Waals surface area contributed by atoms with Gasteiger partial charge in [-0.15, -0.1) is 5.06 Å². The van der Waals surface area contributed by atoms with E-state index in [9.17, 15) is 41.1 Å². The summed E-state index contributed by atoms with van der Waals surface area (Å²) in [5.41, 5.74) is 0.795. The number of hydroxylamine groups is 4. The van der Waals surface area contributed by atoms with Gasteiger partial charge < -0.3 is 4.74 Å². The zero-order valence-electron chi connectivity index (χ0n) is 18.4. The van der Waals surface area contributed by atoms with E-state index in [1.165, 1.54) is 14.2 Å². The average Bonchev–Trinajstić information content (AvgIpc) is 3.32. The molecule has 4 rings (SSSR count). The van der Waals surface area contributed by atoms with Gasteiger partial charge in [0.05, 0.1) is 32.5 Å². The van der Waals surface area contributed by atoms with Crippen molar-refractivity contribution in [2.45, 2.75) is 12.8 Å². The molecule has 0 spiro atoms. The van der Waals surface area contributed by atoms with E-state index in [2.05, 4.69) is 14.4 Å². The summed E-state index contributed by atoms with van der Waals surface area (Å²) in [6.45, 7) is 0. The molecule has 0 aromatic heterocycles. The van der Waals surface area contributed by atoms with Crippen molar-refractivity contribution < 1.29 is 55.5 Å². The highest BCUT2D eigenvalue weighted by Gasteiger charge is 2.35. The molecule has 0 radical (unpaired) electrons. The van der Waals surface area contributed by atoms with Crippen LogP contribution in [-0.4, -0.2) is 55.1 Å². The maximum Gasteiger partial charge on any atom is 0.285 e. The number of ether oxygens (including phenoxy) is 1. The fourth-order valence-electron chi connectivity index (χ4n) is 2.86. The molecule has 14 heteroatoms. The second-order valence-corrected chi connectivity index (χ2v) is 6.50. The van der Waals surface area contributed by atoms with E-state index in [-0.39, 0.29) is 24.7 Å². The number of methoxy groups -OCH3 is 1.